The summed E-state index contributed by atoms with van der Waals surface area (Å²) < 4.78 is 34.2. The second-order valence-electron chi connectivity index (χ2n) is 18.5. The smallest absolute Gasteiger partial charge is 0.407 e. The van der Waals surface area contributed by atoms with Gasteiger partial charge in [-0.1, -0.05) is 88.4 Å². The van der Waals surface area contributed by atoms with E-state index in [-0.39, 0.29) is 41.7 Å². The molecular formula is C46H65N7O9S. The van der Waals surface area contributed by atoms with Gasteiger partial charge in [-0.3, -0.25) is 24.1 Å². The fraction of sp³-hybridized carbons (Fsp3) is 0.565. The van der Waals surface area contributed by atoms with Crippen molar-refractivity contribution >= 4 is 39.6 Å². The number of sulfone groups is 1. The fourth-order valence-corrected chi connectivity index (χ4v) is 10.7. The molecule has 0 saturated heterocycles. The van der Waals surface area contributed by atoms with Gasteiger partial charge in [0, 0.05) is 44.2 Å². The number of alkyl carbamates (subject to hydrolysis) is 1. The second-order valence-corrected chi connectivity index (χ2v) is 20.5. The van der Waals surface area contributed by atoms with Gasteiger partial charge >= 0.3 is 6.09 Å². The number of rotatable bonds is 18. The van der Waals surface area contributed by atoms with Gasteiger partial charge in [-0.05, 0) is 68.2 Å². The molecule has 1 saturated carbocycles. The first kappa shape index (κ1) is 48.9. The summed E-state index contributed by atoms with van der Waals surface area (Å²) in [5.41, 5.74) is 5.14. The SMILES string of the molecule is CC(=O)N(C(=O)C(N)Cc1ccccc1)[C@](Cc1cnc[nH]1)(C(=O)N[C@@H](CC1CCCCC1)[C@@H](O)CC(=O)NCC(C)C)C1CS(=O)(=O)c2cc(CNC(=O)OC(C)(C)C)ccc21. The number of nitrogens with one attached hydrogen (secondary N) is 4. The number of imide groups is 1. The number of aromatic amines is 1. The van der Waals surface area contributed by atoms with Gasteiger partial charge in [0.25, 0.3) is 0 Å². The Balaban J connectivity index is 1.67. The van der Waals surface area contributed by atoms with Gasteiger partial charge < -0.3 is 36.5 Å². The first-order valence-corrected chi connectivity index (χ1v) is 23.5. The number of fused-ring (bicyclic) bond motifs is 1. The number of aromatic nitrogens is 2. The Morgan fingerprint density at radius 3 is 2.32 bits per heavy atom. The Kier molecular flexibility index (Phi) is 16.3. The number of nitrogens with two attached hydrogens (primary N) is 1. The third-order valence-electron chi connectivity index (χ3n) is 11.7. The number of nitrogens with zero attached hydrogens (tertiary/aromatic N) is 2. The van der Waals surface area contributed by atoms with Crippen molar-refractivity contribution in [3.63, 3.8) is 0 Å². The van der Waals surface area contributed by atoms with Crippen LogP contribution in [0.2, 0.25) is 0 Å². The summed E-state index contributed by atoms with van der Waals surface area (Å²) in [5, 5.41) is 20.3. The quantitative estimate of drug-likeness (QED) is 0.106. The number of ether oxygens (including phenoxy) is 1. The number of hydrogen-bond acceptors (Lipinski definition) is 11. The van der Waals surface area contributed by atoms with E-state index in [4.69, 9.17) is 10.5 Å². The molecule has 3 aromatic rings. The van der Waals surface area contributed by atoms with E-state index in [0.717, 1.165) is 43.9 Å². The summed E-state index contributed by atoms with van der Waals surface area (Å²) in [4.78, 5) is 78.6. The highest BCUT2D eigenvalue weighted by Gasteiger charge is 2.60. The molecule has 2 heterocycles. The average molecular weight is 892 g/mol. The highest BCUT2D eigenvalue weighted by atomic mass is 32.2. The molecule has 16 nitrogen and oxygen atoms in total. The molecule has 17 heteroatoms. The van der Waals surface area contributed by atoms with E-state index in [2.05, 4.69) is 25.9 Å². The van der Waals surface area contributed by atoms with Crippen molar-refractivity contribution in [1.29, 1.82) is 0 Å². The molecule has 5 amide bonds. The van der Waals surface area contributed by atoms with Gasteiger partial charge in [0.2, 0.25) is 23.6 Å². The third-order valence-corrected chi connectivity index (χ3v) is 13.5. The van der Waals surface area contributed by atoms with Crippen molar-refractivity contribution < 1.29 is 42.2 Å². The van der Waals surface area contributed by atoms with E-state index in [9.17, 15) is 32.7 Å². The molecule has 0 radical (unpaired) electrons. The van der Waals surface area contributed by atoms with Gasteiger partial charge in [-0.25, -0.2) is 18.2 Å². The average Bonchev–Trinajstić information content (AvgIpc) is 3.83. The number of carbonyl (C=O) groups is 5. The second kappa shape index (κ2) is 21.0. The molecule has 344 valence electrons. The molecule has 2 unspecified atom stereocenters. The maximum absolute atomic E-state index is 15.8. The summed E-state index contributed by atoms with van der Waals surface area (Å²) in [6.45, 7) is 10.5. The molecule has 1 aromatic heterocycles. The first-order valence-electron chi connectivity index (χ1n) is 21.9. The lowest BCUT2D eigenvalue weighted by Crippen LogP contribution is -2.70. The van der Waals surface area contributed by atoms with Gasteiger partial charge in [0.15, 0.2) is 9.84 Å². The van der Waals surface area contributed by atoms with Crippen LogP contribution in [0.5, 0.6) is 0 Å². The number of carbonyl (C=O) groups excluding carboxylic acids is 5. The largest absolute Gasteiger partial charge is 0.444 e. The Morgan fingerprint density at radius 2 is 1.70 bits per heavy atom. The van der Waals surface area contributed by atoms with E-state index in [1.807, 2.05) is 19.9 Å². The maximum atomic E-state index is 15.8. The molecule has 2 aromatic carbocycles. The Labute approximate surface area is 370 Å². The van der Waals surface area contributed by atoms with Crippen LogP contribution in [-0.2, 0) is 53.1 Å². The van der Waals surface area contributed by atoms with Gasteiger partial charge in [0.05, 0.1) is 41.6 Å². The molecule has 1 aliphatic heterocycles. The van der Waals surface area contributed by atoms with Crippen LogP contribution in [0, 0.1) is 11.8 Å². The minimum atomic E-state index is -4.22. The van der Waals surface area contributed by atoms with E-state index in [0.29, 0.717) is 29.8 Å². The summed E-state index contributed by atoms with van der Waals surface area (Å²) in [6, 6.07) is 11.1. The first-order chi connectivity index (χ1) is 29.7. The zero-order valence-electron chi connectivity index (χ0n) is 37.3. The van der Waals surface area contributed by atoms with Crippen LogP contribution in [0.25, 0.3) is 0 Å². The summed E-state index contributed by atoms with van der Waals surface area (Å²) >= 11 is 0. The highest BCUT2D eigenvalue weighted by molar-refractivity contribution is 7.91. The lowest BCUT2D eigenvalue weighted by Gasteiger charge is -2.46. The normalized spacial score (nSPS) is 18.6. The molecule has 5 atom stereocenters. The summed E-state index contributed by atoms with van der Waals surface area (Å²) in [7, 11) is -4.22. The molecule has 2 aliphatic rings. The van der Waals surface area contributed by atoms with Crippen LogP contribution >= 0.6 is 0 Å². The topological polar surface area (TPSA) is 243 Å². The number of amides is 5. The highest BCUT2D eigenvalue weighted by Crippen LogP contribution is 2.47. The molecule has 63 heavy (non-hydrogen) atoms. The van der Waals surface area contributed by atoms with Gasteiger partial charge in [-0.2, -0.15) is 0 Å². The van der Waals surface area contributed by atoms with Crippen molar-refractivity contribution in [2.24, 2.45) is 17.6 Å². The number of aliphatic hydroxyl groups excluding tert-OH is 1. The number of H-pyrrole nitrogens is 1. The van der Waals surface area contributed by atoms with Crippen LogP contribution in [0.15, 0.2) is 66.0 Å². The molecule has 7 N–H and O–H groups in total. The van der Waals surface area contributed by atoms with Gasteiger partial charge in [0.1, 0.15) is 11.1 Å². The minimum absolute atomic E-state index is 0.00667. The van der Waals surface area contributed by atoms with E-state index in [1.54, 1.807) is 51.1 Å². The zero-order valence-corrected chi connectivity index (χ0v) is 38.1. The van der Waals surface area contributed by atoms with E-state index in [1.165, 1.54) is 24.7 Å². The van der Waals surface area contributed by atoms with Crippen LogP contribution in [0.3, 0.4) is 0 Å². The van der Waals surface area contributed by atoms with E-state index < -0.39 is 87.0 Å². The Morgan fingerprint density at radius 1 is 1.00 bits per heavy atom. The van der Waals surface area contributed by atoms with Gasteiger partial charge in [-0.15, -0.1) is 0 Å². The van der Waals surface area contributed by atoms with Crippen molar-refractivity contribution in [2.45, 2.75) is 146 Å². The Bertz CT molecular complexity index is 2170. The number of benzene rings is 2. The van der Waals surface area contributed by atoms with Crippen molar-refractivity contribution in [2.75, 3.05) is 12.3 Å². The number of hydrogen-bond donors (Lipinski definition) is 6. The van der Waals surface area contributed by atoms with Crippen LogP contribution in [0.1, 0.15) is 115 Å². The van der Waals surface area contributed by atoms with Crippen molar-refractivity contribution in [3.8, 4) is 0 Å². The van der Waals surface area contributed by atoms with Crippen molar-refractivity contribution in [1.82, 2.24) is 30.8 Å². The molecule has 0 bridgehead atoms. The standard InChI is InChI=1S/C46H65N7O9S/c1-29(2)24-49-41(56)22-39(55)38(20-32-15-11-8-12-16-32)52-43(58)46(23-34-26-48-28-51-34,53(30(3)54)42(57)37(47)19-31-13-9-7-10-14-31)36-27-63(60,61)40-21-33(17-18-35(36)40)25-50-44(59)62-45(4,5)6/h7,9-10,13-14,17-18,21,26,28-29,32,36-39,55H,8,11-12,15-16,19-20,22-25,27,47H2,1-6H3,(H,48,51)(H,49,56)(H,50,59)(H,52,58)/t36?,37?,38-,39-,46-/m0/s1. The number of aliphatic hydroxyl groups is 1. The molecule has 0 spiro atoms. The minimum Gasteiger partial charge on any atom is -0.444 e. The predicted octanol–water partition coefficient (Wildman–Crippen LogP) is 4.21. The third kappa shape index (κ3) is 12.8. The lowest BCUT2D eigenvalue weighted by atomic mass is 9.73. The monoisotopic (exact) mass is 891 g/mol. The predicted molar refractivity (Wildman–Crippen MR) is 237 cm³/mol. The van der Waals surface area contributed by atoms with Crippen molar-refractivity contribution in [3.05, 3.63) is 83.4 Å². The van der Waals surface area contributed by atoms with Crippen LogP contribution in [0.4, 0.5) is 4.79 Å². The van der Waals surface area contributed by atoms with E-state index >= 15 is 4.79 Å². The molecular weight excluding hydrogens is 827 g/mol. The summed E-state index contributed by atoms with van der Waals surface area (Å²) in [5.74, 6) is -4.91. The van der Waals surface area contributed by atoms with Crippen LogP contribution < -0.4 is 21.7 Å². The fourth-order valence-electron chi connectivity index (χ4n) is 8.76. The van der Waals surface area contributed by atoms with Crippen LogP contribution in [-0.4, -0.2) is 99.7 Å². The molecule has 5 rings (SSSR count). The number of imidazole rings is 1. The maximum Gasteiger partial charge on any atom is 0.407 e. The lowest BCUT2D eigenvalue weighted by molar-refractivity contribution is -0.160. The zero-order chi connectivity index (χ0) is 46.1. The Hall–Kier alpha value is -5.13. The summed E-state index contributed by atoms with van der Waals surface area (Å²) in [6.07, 6.45) is 4.88. The molecule has 1 fully saturated rings. The molecule has 1 aliphatic carbocycles.